The highest BCUT2D eigenvalue weighted by atomic mass is 79.9. The van der Waals surface area contributed by atoms with Crippen molar-refractivity contribution in [1.29, 1.82) is 0 Å². The number of carboxylic acids is 1. The molecule has 0 saturated heterocycles. The third-order valence-electron chi connectivity index (χ3n) is 3.53. The van der Waals surface area contributed by atoms with Crippen LogP contribution in [0.2, 0.25) is 0 Å². The summed E-state index contributed by atoms with van der Waals surface area (Å²) in [5.74, 6) is -0.936. The Morgan fingerprint density at radius 1 is 0.727 bits per heavy atom. The van der Waals surface area contributed by atoms with Gasteiger partial charge in [0, 0.05) is 4.47 Å². The third kappa shape index (κ3) is 2.81. The maximum absolute atomic E-state index is 11.2. The number of benzene rings is 3. The lowest BCUT2D eigenvalue weighted by Gasteiger charge is -2.09. The first-order valence-electron chi connectivity index (χ1n) is 6.84. The normalized spacial score (nSPS) is 10.4. The summed E-state index contributed by atoms with van der Waals surface area (Å²) in [6.45, 7) is 0. The standard InChI is InChI=1S/C19H13BrO2/c20-18-16(7-4-8-17(18)19(21)22)15-11-9-14(10-12-15)13-5-2-1-3-6-13/h1-12H,(H,21,22). The average molecular weight is 353 g/mol. The Labute approximate surface area is 137 Å². The van der Waals surface area contributed by atoms with Crippen LogP contribution in [0.1, 0.15) is 10.4 Å². The molecule has 22 heavy (non-hydrogen) atoms. The van der Waals surface area contributed by atoms with Crippen molar-refractivity contribution in [3.05, 3.63) is 82.8 Å². The average Bonchev–Trinajstić information content (AvgIpc) is 2.56. The Kier molecular flexibility index (Phi) is 4.07. The van der Waals surface area contributed by atoms with E-state index in [2.05, 4.69) is 28.1 Å². The number of hydrogen-bond donors (Lipinski definition) is 1. The van der Waals surface area contributed by atoms with Gasteiger partial charge in [0.1, 0.15) is 0 Å². The molecule has 108 valence electrons. The van der Waals surface area contributed by atoms with E-state index >= 15 is 0 Å². The van der Waals surface area contributed by atoms with Gasteiger partial charge in [-0.1, -0.05) is 66.7 Å². The third-order valence-corrected chi connectivity index (χ3v) is 4.39. The largest absolute Gasteiger partial charge is 0.478 e. The van der Waals surface area contributed by atoms with Gasteiger partial charge in [0.2, 0.25) is 0 Å². The molecule has 0 atom stereocenters. The molecule has 1 N–H and O–H groups in total. The van der Waals surface area contributed by atoms with Crippen LogP contribution in [-0.4, -0.2) is 11.1 Å². The van der Waals surface area contributed by atoms with E-state index < -0.39 is 5.97 Å². The van der Waals surface area contributed by atoms with Crippen molar-refractivity contribution in [2.45, 2.75) is 0 Å². The van der Waals surface area contributed by atoms with E-state index in [1.807, 2.05) is 48.5 Å². The number of aromatic carboxylic acids is 1. The number of carbonyl (C=O) groups is 1. The highest BCUT2D eigenvalue weighted by molar-refractivity contribution is 9.10. The first kappa shape index (κ1) is 14.5. The molecule has 0 aromatic heterocycles. The predicted octanol–water partition coefficient (Wildman–Crippen LogP) is 5.48. The summed E-state index contributed by atoms with van der Waals surface area (Å²) in [6, 6.07) is 23.5. The zero-order valence-corrected chi connectivity index (χ0v) is 13.2. The van der Waals surface area contributed by atoms with Crippen LogP contribution >= 0.6 is 15.9 Å². The molecule has 0 fully saturated rings. The quantitative estimate of drug-likeness (QED) is 0.677. The van der Waals surface area contributed by atoms with Crippen molar-refractivity contribution in [3.63, 3.8) is 0 Å². The van der Waals surface area contributed by atoms with E-state index in [1.165, 1.54) is 0 Å². The minimum absolute atomic E-state index is 0.268. The lowest BCUT2D eigenvalue weighted by molar-refractivity contribution is 0.0696. The summed E-state index contributed by atoms with van der Waals surface area (Å²) in [7, 11) is 0. The van der Waals surface area contributed by atoms with Gasteiger partial charge in [-0.05, 0) is 44.3 Å². The zero-order chi connectivity index (χ0) is 15.5. The number of carboxylic acid groups (broad SMARTS) is 1. The molecule has 0 amide bonds. The van der Waals surface area contributed by atoms with E-state index in [4.69, 9.17) is 0 Å². The zero-order valence-electron chi connectivity index (χ0n) is 11.7. The fourth-order valence-electron chi connectivity index (χ4n) is 2.39. The van der Waals surface area contributed by atoms with E-state index in [1.54, 1.807) is 12.1 Å². The Hall–Kier alpha value is -2.39. The van der Waals surface area contributed by atoms with E-state index in [9.17, 15) is 9.90 Å². The van der Waals surface area contributed by atoms with Crippen LogP contribution in [0.5, 0.6) is 0 Å². The molecule has 3 aromatic carbocycles. The molecule has 3 rings (SSSR count). The molecule has 2 nitrogen and oxygen atoms in total. The Morgan fingerprint density at radius 3 is 1.95 bits per heavy atom. The van der Waals surface area contributed by atoms with Gasteiger partial charge in [0.15, 0.2) is 0 Å². The van der Waals surface area contributed by atoms with Crippen molar-refractivity contribution in [3.8, 4) is 22.3 Å². The van der Waals surface area contributed by atoms with Crippen molar-refractivity contribution >= 4 is 21.9 Å². The first-order valence-corrected chi connectivity index (χ1v) is 7.64. The maximum Gasteiger partial charge on any atom is 0.336 e. The van der Waals surface area contributed by atoms with Gasteiger partial charge in [0.05, 0.1) is 5.56 Å². The molecule has 0 heterocycles. The summed E-state index contributed by atoms with van der Waals surface area (Å²) >= 11 is 3.40. The lowest BCUT2D eigenvalue weighted by Crippen LogP contribution is -1.98. The molecule has 0 aliphatic carbocycles. The monoisotopic (exact) mass is 352 g/mol. The summed E-state index contributed by atoms with van der Waals surface area (Å²) in [5, 5.41) is 9.20. The van der Waals surface area contributed by atoms with E-state index in [0.717, 1.165) is 22.3 Å². The minimum Gasteiger partial charge on any atom is -0.478 e. The molecule has 0 aliphatic rings. The van der Waals surface area contributed by atoms with Crippen LogP contribution in [0.3, 0.4) is 0 Å². The number of hydrogen-bond acceptors (Lipinski definition) is 1. The van der Waals surface area contributed by atoms with Gasteiger partial charge >= 0.3 is 5.97 Å². The van der Waals surface area contributed by atoms with Crippen molar-refractivity contribution in [1.82, 2.24) is 0 Å². The molecular weight excluding hydrogens is 340 g/mol. The van der Waals surface area contributed by atoms with Gasteiger partial charge in [-0.25, -0.2) is 4.79 Å². The maximum atomic E-state index is 11.2. The molecular formula is C19H13BrO2. The molecule has 0 unspecified atom stereocenters. The van der Waals surface area contributed by atoms with Gasteiger partial charge in [-0.2, -0.15) is 0 Å². The van der Waals surface area contributed by atoms with Crippen LogP contribution in [0.25, 0.3) is 22.3 Å². The second-order valence-corrected chi connectivity index (χ2v) is 5.71. The van der Waals surface area contributed by atoms with Crippen molar-refractivity contribution < 1.29 is 9.90 Å². The molecule has 0 bridgehead atoms. The molecule has 3 heteroatoms. The second-order valence-electron chi connectivity index (χ2n) is 4.92. The fourth-order valence-corrected chi connectivity index (χ4v) is 3.06. The molecule has 0 radical (unpaired) electrons. The van der Waals surface area contributed by atoms with Crippen LogP contribution in [-0.2, 0) is 0 Å². The van der Waals surface area contributed by atoms with Crippen LogP contribution in [0, 0.1) is 0 Å². The molecule has 3 aromatic rings. The SMILES string of the molecule is O=C(O)c1cccc(-c2ccc(-c3ccccc3)cc2)c1Br. The summed E-state index contributed by atoms with van der Waals surface area (Å²) < 4.78 is 0.606. The Bertz CT molecular complexity index is 809. The topological polar surface area (TPSA) is 37.3 Å². The van der Waals surface area contributed by atoms with Gasteiger partial charge < -0.3 is 5.11 Å². The Balaban J connectivity index is 2.01. The lowest BCUT2D eigenvalue weighted by atomic mass is 9.99. The van der Waals surface area contributed by atoms with Gasteiger partial charge in [0.25, 0.3) is 0 Å². The number of halogens is 1. The number of rotatable bonds is 3. The van der Waals surface area contributed by atoms with Crippen molar-refractivity contribution in [2.75, 3.05) is 0 Å². The molecule has 0 saturated carbocycles. The minimum atomic E-state index is -0.936. The molecule has 0 aliphatic heterocycles. The van der Waals surface area contributed by atoms with Crippen molar-refractivity contribution in [2.24, 2.45) is 0 Å². The van der Waals surface area contributed by atoms with E-state index in [-0.39, 0.29) is 5.56 Å². The second kappa shape index (κ2) is 6.16. The summed E-state index contributed by atoms with van der Waals surface area (Å²) in [6.07, 6.45) is 0. The fraction of sp³-hybridized carbons (Fsp3) is 0. The van der Waals surface area contributed by atoms with Crippen LogP contribution in [0.4, 0.5) is 0 Å². The Morgan fingerprint density at radius 2 is 1.32 bits per heavy atom. The summed E-state index contributed by atoms with van der Waals surface area (Å²) in [4.78, 5) is 11.2. The first-order chi connectivity index (χ1) is 10.7. The predicted molar refractivity (Wildman–Crippen MR) is 92.0 cm³/mol. The highest BCUT2D eigenvalue weighted by Crippen LogP contribution is 2.32. The summed E-state index contributed by atoms with van der Waals surface area (Å²) in [5.41, 5.74) is 4.42. The van der Waals surface area contributed by atoms with Gasteiger partial charge in [-0.3, -0.25) is 0 Å². The van der Waals surface area contributed by atoms with E-state index in [0.29, 0.717) is 4.47 Å². The van der Waals surface area contributed by atoms with Crippen LogP contribution in [0.15, 0.2) is 77.3 Å². The highest BCUT2D eigenvalue weighted by Gasteiger charge is 2.12. The smallest absolute Gasteiger partial charge is 0.336 e. The van der Waals surface area contributed by atoms with Gasteiger partial charge in [-0.15, -0.1) is 0 Å². The van der Waals surface area contributed by atoms with Crippen LogP contribution < -0.4 is 0 Å². The molecule has 0 spiro atoms.